The van der Waals surface area contributed by atoms with Crippen LogP contribution in [0.3, 0.4) is 0 Å². The first kappa shape index (κ1) is 20.7. The highest BCUT2D eigenvalue weighted by atomic mass is 19.1. The van der Waals surface area contributed by atoms with Crippen LogP contribution in [0.4, 0.5) is 4.39 Å². The summed E-state index contributed by atoms with van der Waals surface area (Å²) in [7, 11) is 0. The van der Waals surface area contributed by atoms with Gasteiger partial charge in [-0.3, -0.25) is 9.59 Å². The van der Waals surface area contributed by atoms with E-state index in [1.54, 1.807) is 4.90 Å². The van der Waals surface area contributed by atoms with E-state index in [-0.39, 0.29) is 5.91 Å². The first-order valence-electron chi connectivity index (χ1n) is 11.4. The molecule has 0 unspecified atom stereocenters. The molecule has 0 spiro atoms. The average Bonchev–Trinajstić information content (AvgIpc) is 2.98. The molecule has 0 saturated heterocycles. The number of benzene rings is 2. The highest BCUT2D eigenvalue weighted by molar-refractivity contribution is 6.00. The van der Waals surface area contributed by atoms with Crippen molar-refractivity contribution >= 4 is 17.4 Å². The van der Waals surface area contributed by atoms with Crippen molar-refractivity contribution in [3.8, 4) is 11.1 Å². The fourth-order valence-corrected chi connectivity index (χ4v) is 5.71. The van der Waals surface area contributed by atoms with Crippen molar-refractivity contribution in [1.29, 1.82) is 0 Å². The summed E-state index contributed by atoms with van der Waals surface area (Å²) in [5.74, 6) is -1.06. The molecule has 0 bridgehead atoms. The molecule has 2 amide bonds. The molecule has 2 aliphatic carbocycles. The van der Waals surface area contributed by atoms with Crippen LogP contribution in [0.1, 0.15) is 64.7 Å². The van der Waals surface area contributed by atoms with Crippen molar-refractivity contribution in [2.75, 3.05) is 6.54 Å². The van der Waals surface area contributed by atoms with Crippen LogP contribution in [0.5, 0.6) is 0 Å². The molecular formula is C27H27FN2O2. The Labute approximate surface area is 187 Å². The van der Waals surface area contributed by atoms with Crippen molar-refractivity contribution in [2.24, 2.45) is 5.73 Å². The molecule has 3 aliphatic rings. The lowest BCUT2D eigenvalue weighted by molar-refractivity contribution is -0.126. The van der Waals surface area contributed by atoms with Crippen LogP contribution in [0.25, 0.3) is 16.7 Å². The standard InChI is InChI=1S/C27H27FN2O2/c1-2-24(31)30-12-11-18-17(15-30)8-6-10-20(18)26-23(28)14-22(27(29)32)21-13-16-7-4-3-5-9-19(16)25(21)26/h2,6,8,10,14H,1,3-5,7,9,11-13,15H2,(H2,29,32). The lowest BCUT2D eigenvalue weighted by Crippen LogP contribution is -2.35. The molecule has 2 aromatic carbocycles. The van der Waals surface area contributed by atoms with Gasteiger partial charge in [-0.1, -0.05) is 36.8 Å². The quantitative estimate of drug-likeness (QED) is 0.702. The summed E-state index contributed by atoms with van der Waals surface area (Å²) in [5.41, 5.74) is 13.9. The molecule has 0 atom stereocenters. The fourth-order valence-electron chi connectivity index (χ4n) is 5.71. The number of carbonyl (C=O) groups excluding carboxylic acids is 2. The van der Waals surface area contributed by atoms with Gasteiger partial charge in [0, 0.05) is 24.2 Å². The van der Waals surface area contributed by atoms with E-state index < -0.39 is 11.7 Å². The maximum atomic E-state index is 15.7. The number of allylic oxidation sites excluding steroid dienone is 2. The van der Waals surface area contributed by atoms with E-state index >= 15 is 4.39 Å². The second kappa shape index (κ2) is 8.05. The van der Waals surface area contributed by atoms with E-state index in [0.29, 0.717) is 37.1 Å². The molecule has 0 saturated carbocycles. The van der Waals surface area contributed by atoms with Crippen LogP contribution in [0.2, 0.25) is 0 Å². The minimum atomic E-state index is -0.571. The Morgan fingerprint density at radius 2 is 1.88 bits per heavy atom. The number of rotatable bonds is 3. The molecule has 0 radical (unpaired) electrons. The van der Waals surface area contributed by atoms with Gasteiger partial charge in [-0.2, -0.15) is 0 Å². The number of primary amides is 1. The number of halogens is 1. The van der Waals surface area contributed by atoms with Crippen LogP contribution < -0.4 is 5.73 Å². The van der Waals surface area contributed by atoms with Gasteiger partial charge in [0.2, 0.25) is 11.8 Å². The average molecular weight is 431 g/mol. The normalized spacial score (nSPS) is 17.3. The minimum Gasteiger partial charge on any atom is -0.366 e. The zero-order valence-electron chi connectivity index (χ0n) is 18.2. The number of hydrogen-bond donors (Lipinski definition) is 1. The van der Waals surface area contributed by atoms with E-state index in [1.165, 1.54) is 29.7 Å². The van der Waals surface area contributed by atoms with Crippen LogP contribution >= 0.6 is 0 Å². The summed E-state index contributed by atoms with van der Waals surface area (Å²) in [6, 6.07) is 7.25. The van der Waals surface area contributed by atoms with E-state index in [0.717, 1.165) is 53.5 Å². The number of carbonyl (C=O) groups is 2. The van der Waals surface area contributed by atoms with Crippen molar-refractivity contribution in [2.45, 2.75) is 51.5 Å². The van der Waals surface area contributed by atoms with Gasteiger partial charge in [-0.05, 0) is 84.1 Å². The summed E-state index contributed by atoms with van der Waals surface area (Å²) in [6.07, 6.45) is 7.96. The lowest BCUT2D eigenvalue weighted by Gasteiger charge is -2.30. The summed E-state index contributed by atoms with van der Waals surface area (Å²) in [5, 5.41) is 0. The first-order valence-corrected chi connectivity index (χ1v) is 11.4. The second-order valence-corrected chi connectivity index (χ2v) is 8.98. The third-order valence-electron chi connectivity index (χ3n) is 7.20. The molecular weight excluding hydrogens is 403 g/mol. The molecule has 164 valence electrons. The smallest absolute Gasteiger partial charge is 0.249 e. The molecule has 0 aromatic heterocycles. The number of fused-ring (bicyclic) bond motifs is 3. The molecule has 2 N–H and O–H groups in total. The fraction of sp³-hybridized carbons (Fsp3) is 0.333. The van der Waals surface area contributed by atoms with Crippen molar-refractivity contribution in [3.05, 3.63) is 76.1 Å². The molecule has 5 heteroatoms. The van der Waals surface area contributed by atoms with Crippen LogP contribution in [-0.2, 0) is 24.2 Å². The summed E-state index contributed by atoms with van der Waals surface area (Å²) < 4.78 is 15.7. The molecule has 32 heavy (non-hydrogen) atoms. The summed E-state index contributed by atoms with van der Waals surface area (Å²) in [4.78, 5) is 26.1. The zero-order chi connectivity index (χ0) is 22.4. The Kier molecular flexibility index (Phi) is 5.20. The zero-order valence-corrected chi connectivity index (χ0v) is 18.2. The van der Waals surface area contributed by atoms with Gasteiger partial charge in [-0.15, -0.1) is 0 Å². The topological polar surface area (TPSA) is 63.4 Å². The van der Waals surface area contributed by atoms with Gasteiger partial charge in [-0.25, -0.2) is 4.39 Å². The van der Waals surface area contributed by atoms with Crippen LogP contribution in [0.15, 0.2) is 42.5 Å². The molecule has 1 heterocycles. The second-order valence-electron chi connectivity index (χ2n) is 8.98. The predicted molar refractivity (Wildman–Crippen MR) is 123 cm³/mol. The highest BCUT2D eigenvalue weighted by Gasteiger charge is 2.33. The summed E-state index contributed by atoms with van der Waals surface area (Å²) in [6.45, 7) is 4.66. The molecule has 4 nitrogen and oxygen atoms in total. The van der Waals surface area contributed by atoms with Crippen molar-refractivity contribution < 1.29 is 14.0 Å². The number of hydrogen-bond acceptors (Lipinski definition) is 2. The van der Waals surface area contributed by atoms with Gasteiger partial charge < -0.3 is 10.6 Å². The predicted octanol–water partition coefficient (Wildman–Crippen LogP) is 4.94. The maximum Gasteiger partial charge on any atom is 0.249 e. The molecule has 1 aliphatic heterocycles. The van der Waals surface area contributed by atoms with Crippen molar-refractivity contribution in [1.82, 2.24) is 4.90 Å². The molecule has 0 fully saturated rings. The largest absolute Gasteiger partial charge is 0.366 e. The van der Waals surface area contributed by atoms with Crippen LogP contribution in [-0.4, -0.2) is 23.3 Å². The van der Waals surface area contributed by atoms with Gasteiger partial charge >= 0.3 is 0 Å². The molecule has 2 aromatic rings. The third kappa shape index (κ3) is 3.27. The van der Waals surface area contributed by atoms with Crippen LogP contribution in [0, 0.1) is 5.82 Å². The summed E-state index contributed by atoms with van der Waals surface area (Å²) >= 11 is 0. The number of amides is 2. The Hall–Kier alpha value is -3.21. The van der Waals surface area contributed by atoms with E-state index in [9.17, 15) is 9.59 Å². The van der Waals surface area contributed by atoms with E-state index in [4.69, 9.17) is 5.73 Å². The minimum absolute atomic E-state index is 0.0906. The van der Waals surface area contributed by atoms with Gasteiger partial charge in [0.25, 0.3) is 0 Å². The Bertz CT molecular complexity index is 1190. The Balaban J connectivity index is 1.71. The van der Waals surface area contributed by atoms with Gasteiger partial charge in [0.05, 0.1) is 0 Å². The van der Waals surface area contributed by atoms with E-state index in [2.05, 4.69) is 6.58 Å². The van der Waals surface area contributed by atoms with Gasteiger partial charge in [0.15, 0.2) is 0 Å². The SMILES string of the molecule is C=CC(=O)N1CCc2c(cccc2-c2c(F)cc(C(N)=O)c3c2C2=C(CCCCC2)C3)C1. The third-order valence-corrected chi connectivity index (χ3v) is 7.20. The van der Waals surface area contributed by atoms with E-state index in [1.807, 2.05) is 18.2 Å². The highest BCUT2D eigenvalue weighted by Crippen LogP contribution is 2.48. The Morgan fingerprint density at radius 3 is 2.66 bits per heavy atom. The number of nitrogens with zero attached hydrogens (tertiary/aromatic N) is 1. The maximum absolute atomic E-state index is 15.7. The molecule has 5 rings (SSSR count). The Morgan fingerprint density at radius 1 is 1.06 bits per heavy atom. The monoisotopic (exact) mass is 430 g/mol. The number of nitrogens with two attached hydrogens (primary N) is 1. The first-order chi connectivity index (χ1) is 15.5. The van der Waals surface area contributed by atoms with Gasteiger partial charge in [0.1, 0.15) is 5.82 Å². The lowest BCUT2D eigenvalue weighted by atomic mass is 9.84. The van der Waals surface area contributed by atoms with Crippen molar-refractivity contribution in [3.63, 3.8) is 0 Å².